The normalized spacial score (nSPS) is 16.5. The molecule has 112 valence electrons. The van der Waals surface area contributed by atoms with Crippen molar-refractivity contribution in [2.45, 2.75) is 51.0 Å². The molecule has 0 unspecified atom stereocenters. The third-order valence-corrected chi connectivity index (χ3v) is 3.55. The molecule has 1 fully saturated rings. The zero-order valence-electron chi connectivity index (χ0n) is 12.5. The summed E-state index contributed by atoms with van der Waals surface area (Å²) in [5, 5.41) is 11.7. The first-order valence-electron chi connectivity index (χ1n) is 6.97. The van der Waals surface area contributed by atoms with Gasteiger partial charge in [-0.1, -0.05) is 6.07 Å². The standard InChI is InChI=1S/C16H19FN2O2/c1-15(2,3)21-14(20)19-11-5-6-12(13(17)9-11)16(10-18)7-4-8-16/h5-6,9H,4,7-8H2,1-3H3,(H,19,20). The first-order valence-corrected chi connectivity index (χ1v) is 6.97. The van der Waals surface area contributed by atoms with Gasteiger partial charge in [-0.3, -0.25) is 5.32 Å². The van der Waals surface area contributed by atoms with Crippen LogP contribution in [0.4, 0.5) is 14.9 Å². The molecule has 1 aliphatic rings. The molecule has 1 aromatic carbocycles. The topological polar surface area (TPSA) is 62.1 Å². The molecule has 1 aliphatic carbocycles. The average Bonchev–Trinajstić information content (AvgIpc) is 2.28. The Hall–Kier alpha value is -2.09. The summed E-state index contributed by atoms with van der Waals surface area (Å²) in [4.78, 5) is 11.6. The second-order valence-electron chi connectivity index (χ2n) is 6.37. The van der Waals surface area contributed by atoms with Gasteiger partial charge in [0.05, 0.1) is 11.5 Å². The summed E-state index contributed by atoms with van der Waals surface area (Å²) in [7, 11) is 0. The number of halogens is 1. The molecule has 0 atom stereocenters. The molecule has 5 heteroatoms. The highest BCUT2D eigenvalue weighted by Gasteiger charge is 2.41. The van der Waals surface area contributed by atoms with E-state index in [1.54, 1.807) is 32.9 Å². The van der Waals surface area contributed by atoms with Crippen molar-refractivity contribution >= 4 is 11.8 Å². The third kappa shape index (κ3) is 3.33. The second-order valence-corrected chi connectivity index (χ2v) is 6.37. The molecule has 0 spiro atoms. The Morgan fingerprint density at radius 2 is 2.10 bits per heavy atom. The highest BCUT2D eigenvalue weighted by Crippen LogP contribution is 2.44. The second kappa shape index (κ2) is 5.36. The maximum atomic E-state index is 14.2. The van der Waals surface area contributed by atoms with Crippen molar-refractivity contribution in [3.05, 3.63) is 29.6 Å². The van der Waals surface area contributed by atoms with E-state index in [0.717, 1.165) is 6.42 Å². The highest BCUT2D eigenvalue weighted by atomic mass is 19.1. The minimum absolute atomic E-state index is 0.318. The van der Waals surface area contributed by atoms with E-state index in [-0.39, 0.29) is 0 Å². The predicted molar refractivity (Wildman–Crippen MR) is 77.4 cm³/mol. The summed E-state index contributed by atoms with van der Waals surface area (Å²) in [5.41, 5.74) is -0.586. The van der Waals surface area contributed by atoms with Gasteiger partial charge in [0, 0.05) is 11.3 Å². The molecule has 1 amide bonds. The lowest BCUT2D eigenvalue weighted by Gasteiger charge is -2.35. The van der Waals surface area contributed by atoms with Crippen LogP contribution in [0, 0.1) is 17.1 Å². The zero-order valence-corrected chi connectivity index (χ0v) is 12.5. The van der Waals surface area contributed by atoms with Gasteiger partial charge in [0.15, 0.2) is 0 Å². The Balaban J connectivity index is 2.13. The number of nitrogens with one attached hydrogen (secondary N) is 1. The van der Waals surface area contributed by atoms with E-state index >= 15 is 0 Å². The van der Waals surface area contributed by atoms with Crippen molar-refractivity contribution in [1.82, 2.24) is 0 Å². The summed E-state index contributed by atoms with van der Waals surface area (Å²) in [6, 6.07) is 6.61. The molecule has 4 nitrogen and oxygen atoms in total. The zero-order chi connectivity index (χ0) is 15.7. The van der Waals surface area contributed by atoms with E-state index in [2.05, 4.69) is 11.4 Å². The smallest absolute Gasteiger partial charge is 0.412 e. The number of hydrogen-bond acceptors (Lipinski definition) is 3. The van der Waals surface area contributed by atoms with Crippen molar-refractivity contribution in [3.63, 3.8) is 0 Å². The van der Waals surface area contributed by atoms with Gasteiger partial charge in [-0.2, -0.15) is 5.26 Å². The third-order valence-electron chi connectivity index (χ3n) is 3.55. The van der Waals surface area contributed by atoms with Crippen LogP contribution in [0.1, 0.15) is 45.6 Å². The summed E-state index contributed by atoms with van der Waals surface area (Å²) in [6.07, 6.45) is 1.66. The maximum Gasteiger partial charge on any atom is 0.412 e. The van der Waals surface area contributed by atoms with Crippen molar-refractivity contribution in [2.24, 2.45) is 0 Å². The fourth-order valence-electron chi connectivity index (χ4n) is 2.37. The van der Waals surface area contributed by atoms with E-state index in [9.17, 15) is 14.4 Å². The Labute approximate surface area is 123 Å². The molecule has 0 heterocycles. The number of anilines is 1. The predicted octanol–water partition coefficient (Wildman–Crippen LogP) is 4.12. The number of carbonyl (C=O) groups is 1. The molecule has 0 aromatic heterocycles. The Bertz CT molecular complexity index is 595. The molecule has 1 N–H and O–H groups in total. The molecule has 0 radical (unpaired) electrons. The van der Waals surface area contributed by atoms with Crippen LogP contribution in [-0.4, -0.2) is 11.7 Å². The fourth-order valence-corrected chi connectivity index (χ4v) is 2.37. The summed E-state index contributed by atoms with van der Waals surface area (Å²) in [6.45, 7) is 5.26. The molecule has 0 bridgehead atoms. The van der Waals surface area contributed by atoms with Crippen LogP contribution in [0.25, 0.3) is 0 Å². The van der Waals surface area contributed by atoms with Gasteiger partial charge in [0.1, 0.15) is 11.4 Å². The SMILES string of the molecule is CC(C)(C)OC(=O)Nc1ccc(C2(C#N)CCC2)c(F)c1. The fraction of sp³-hybridized carbons (Fsp3) is 0.500. The van der Waals surface area contributed by atoms with Crippen LogP contribution in [-0.2, 0) is 10.2 Å². The van der Waals surface area contributed by atoms with Crippen molar-refractivity contribution in [2.75, 3.05) is 5.32 Å². The molecule has 21 heavy (non-hydrogen) atoms. The molecular weight excluding hydrogens is 271 g/mol. The van der Waals surface area contributed by atoms with Crippen LogP contribution < -0.4 is 5.32 Å². The number of benzene rings is 1. The number of nitriles is 1. The molecule has 2 rings (SSSR count). The van der Waals surface area contributed by atoms with Gasteiger partial charge in [-0.15, -0.1) is 0 Å². The minimum atomic E-state index is -0.700. The highest BCUT2D eigenvalue weighted by molar-refractivity contribution is 5.84. The Morgan fingerprint density at radius 3 is 2.52 bits per heavy atom. The van der Waals surface area contributed by atoms with Crippen LogP contribution in [0.2, 0.25) is 0 Å². The van der Waals surface area contributed by atoms with Gasteiger partial charge in [-0.05, 0) is 52.2 Å². The van der Waals surface area contributed by atoms with Crippen LogP contribution >= 0.6 is 0 Å². The Kier molecular flexibility index (Phi) is 3.91. The molecule has 0 aliphatic heterocycles. The van der Waals surface area contributed by atoms with E-state index in [1.807, 2.05) is 0 Å². The van der Waals surface area contributed by atoms with E-state index in [4.69, 9.17) is 4.74 Å². The van der Waals surface area contributed by atoms with Gasteiger partial charge < -0.3 is 4.74 Å². The van der Waals surface area contributed by atoms with Gasteiger partial charge in [-0.25, -0.2) is 9.18 Å². The van der Waals surface area contributed by atoms with Crippen LogP contribution in [0.3, 0.4) is 0 Å². The summed E-state index contributed by atoms with van der Waals surface area (Å²) >= 11 is 0. The first-order chi connectivity index (χ1) is 9.76. The maximum absolute atomic E-state index is 14.2. The lowest BCUT2D eigenvalue weighted by molar-refractivity contribution is 0.0636. The van der Waals surface area contributed by atoms with Crippen LogP contribution in [0.15, 0.2) is 18.2 Å². The number of hydrogen-bond donors (Lipinski definition) is 1. The molecule has 1 saturated carbocycles. The van der Waals surface area contributed by atoms with E-state index in [0.29, 0.717) is 24.1 Å². The Morgan fingerprint density at radius 1 is 1.43 bits per heavy atom. The molecular formula is C16H19FN2O2. The average molecular weight is 290 g/mol. The number of carbonyl (C=O) groups excluding carboxylic acids is 1. The lowest BCUT2D eigenvalue weighted by atomic mass is 9.65. The molecule has 1 aromatic rings. The van der Waals surface area contributed by atoms with E-state index in [1.165, 1.54) is 6.07 Å². The monoisotopic (exact) mass is 290 g/mol. The van der Waals surface area contributed by atoms with Crippen LogP contribution in [0.5, 0.6) is 0 Å². The van der Waals surface area contributed by atoms with Gasteiger partial charge in [0.25, 0.3) is 0 Å². The number of nitrogens with zero attached hydrogens (tertiary/aromatic N) is 1. The van der Waals surface area contributed by atoms with Gasteiger partial charge in [0.2, 0.25) is 0 Å². The van der Waals surface area contributed by atoms with Crippen molar-refractivity contribution in [3.8, 4) is 6.07 Å². The quantitative estimate of drug-likeness (QED) is 0.891. The largest absolute Gasteiger partial charge is 0.444 e. The molecule has 0 saturated heterocycles. The number of ether oxygens (including phenoxy) is 1. The minimum Gasteiger partial charge on any atom is -0.444 e. The van der Waals surface area contributed by atoms with Crippen molar-refractivity contribution in [1.29, 1.82) is 5.26 Å². The van der Waals surface area contributed by atoms with Gasteiger partial charge >= 0.3 is 6.09 Å². The summed E-state index contributed by atoms with van der Waals surface area (Å²) in [5.74, 6) is -0.468. The summed E-state index contributed by atoms with van der Waals surface area (Å²) < 4.78 is 19.3. The van der Waals surface area contributed by atoms with E-state index < -0.39 is 22.9 Å². The van der Waals surface area contributed by atoms with Crippen molar-refractivity contribution < 1.29 is 13.9 Å². The lowest BCUT2D eigenvalue weighted by Crippen LogP contribution is -2.33. The first kappa shape index (κ1) is 15.3. The number of amides is 1. The number of rotatable bonds is 2.